The number of hydrogen-bond donors (Lipinski definition) is 1. The Morgan fingerprint density at radius 3 is 2.82 bits per heavy atom. The Kier molecular flexibility index (Phi) is 6.25. The molecule has 6 nitrogen and oxygen atoms in total. The fourth-order valence-electron chi connectivity index (χ4n) is 3.17. The van der Waals surface area contributed by atoms with Gasteiger partial charge in [0, 0.05) is 29.6 Å². The number of thioether (sulfide) groups is 1. The van der Waals surface area contributed by atoms with E-state index in [-0.39, 0.29) is 17.5 Å². The second-order valence-corrected chi connectivity index (χ2v) is 8.28. The number of hydrogen-bond acceptors (Lipinski definition) is 5. The number of rotatable bonds is 6. The molecule has 2 aromatic rings. The summed E-state index contributed by atoms with van der Waals surface area (Å²) in [6, 6.07) is 4.65. The molecule has 0 fully saturated rings. The highest BCUT2D eigenvalue weighted by Gasteiger charge is 2.27. The van der Waals surface area contributed by atoms with Crippen LogP contribution in [0.15, 0.2) is 29.2 Å². The van der Waals surface area contributed by atoms with Gasteiger partial charge in [-0.05, 0) is 18.2 Å². The number of ether oxygens (including phenoxy) is 2. The molecule has 1 aliphatic rings. The molecule has 3 rings (SSSR count). The average Bonchev–Trinajstić information content (AvgIpc) is 2.78. The summed E-state index contributed by atoms with van der Waals surface area (Å²) in [5.74, 6) is 0.824. The zero-order valence-electron chi connectivity index (χ0n) is 15.9. The molecule has 1 atom stereocenters. The summed E-state index contributed by atoms with van der Waals surface area (Å²) >= 11 is 8.08. The van der Waals surface area contributed by atoms with Gasteiger partial charge in [-0.15, -0.1) is 0 Å². The van der Waals surface area contributed by atoms with Gasteiger partial charge in [-0.3, -0.25) is 4.79 Å². The molecule has 28 heavy (non-hydrogen) atoms. The molecular formula is C20H22ClNO5S. The Morgan fingerprint density at radius 1 is 1.43 bits per heavy atom. The van der Waals surface area contributed by atoms with Gasteiger partial charge in [0.2, 0.25) is 0 Å². The topological polar surface area (TPSA) is 77.8 Å². The zero-order valence-corrected chi connectivity index (χ0v) is 17.5. The van der Waals surface area contributed by atoms with Crippen molar-refractivity contribution in [3.63, 3.8) is 0 Å². The van der Waals surface area contributed by atoms with Gasteiger partial charge in [0.15, 0.2) is 5.43 Å². The van der Waals surface area contributed by atoms with Crippen molar-refractivity contribution < 1.29 is 19.4 Å². The van der Waals surface area contributed by atoms with E-state index in [1.165, 1.54) is 12.3 Å². The van der Waals surface area contributed by atoms with Gasteiger partial charge < -0.3 is 19.1 Å². The number of carbonyl (C=O) groups is 1. The highest BCUT2D eigenvalue weighted by molar-refractivity contribution is 7.98. The molecule has 1 aromatic heterocycles. The van der Waals surface area contributed by atoms with Crippen molar-refractivity contribution in [3.8, 4) is 22.8 Å². The van der Waals surface area contributed by atoms with Gasteiger partial charge in [-0.1, -0.05) is 25.4 Å². The van der Waals surface area contributed by atoms with Gasteiger partial charge in [0.25, 0.3) is 0 Å². The van der Waals surface area contributed by atoms with Crippen molar-refractivity contribution in [1.82, 2.24) is 4.57 Å². The van der Waals surface area contributed by atoms with Gasteiger partial charge in [-0.2, -0.15) is 11.8 Å². The molecule has 1 aliphatic heterocycles. The summed E-state index contributed by atoms with van der Waals surface area (Å²) in [4.78, 5) is 23.8. The van der Waals surface area contributed by atoms with E-state index in [9.17, 15) is 14.7 Å². The highest BCUT2D eigenvalue weighted by atomic mass is 35.5. The molecule has 0 radical (unpaired) electrons. The lowest BCUT2D eigenvalue weighted by Crippen LogP contribution is -2.25. The first-order valence-electron chi connectivity index (χ1n) is 8.91. The monoisotopic (exact) mass is 423 g/mol. The number of nitrogens with zero attached hydrogens (tertiary/aromatic N) is 1. The van der Waals surface area contributed by atoms with E-state index < -0.39 is 11.4 Å². The van der Waals surface area contributed by atoms with Crippen LogP contribution in [0, 0.1) is 5.92 Å². The highest BCUT2D eigenvalue weighted by Crippen LogP contribution is 2.42. The maximum atomic E-state index is 12.4. The number of benzene rings is 1. The molecule has 2 heterocycles. The van der Waals surface area contributed by atoms with Crippen molar-refractivity contribution in [3.05, 3.63) is 45.2 Å². The summed E-state index contributed by atoms with van der Waals surface area (Å²) < 4.78 is 13.6. The van der Waals surface area contributed by atoms with Crippen LogP contribution in [0.4, 0.5) is 0 Å². The number of aromatic carboxylic acids is 1. The number of fused-ring (bicyclic) bond motifs is 3. The fraction of sp³-hybridized carbons (Fsp3) is 0.400. The summed E-state index contributed by atoms with van der Waals surface area (Å²) in [5, 5.41) is 9.77. The number of carboxylic acid groups (broad SMARTS) is 1. The molecule has 1 N–H and O–H groups in total. The van der Waals surface area contributed by atoms with E-state index in [2.05, 4.69) is 0 Å². The molecule has 0 saturated carbocycles. The molecule has 0 saturated heterocycles. The predicted molar refractivity (Wildman–Crippen MR) is 111 cm³/mol. The van der Waals surface area contributed by atoms with Crippen LogP contribution in [0.3, 0.4) is 0 Å². The predicted octanol–water partition coefficient (Wildman–Crippen LogP) is 4.20. The van der Waals surface area contributed by atoms with E-state index >= 15 is 0 Å². The van der Waals surface area contributed by atoms with Gasteiger partial charge in [0.05, 0.1) is 23.4 Å². The lowest BCUT2D eigenvalue weighted by molar-refractivity contribution is 0.0694. The second-order valence-electron chi connectivity index (χ2n) is 6.89. The van der Waals surface area contributed by atoms with Gasteiger partial charge >= 0.3 is 5.97 Å². The van der Waals surface area contributed by atoms with Crippen molar-refractivity contribution >= 4 is 29.3 Å². The lowest BCUT2D eigenvalue weighted by Gasteiger charge is -2.24. The average molecular weight is 424 g/mol. The van der Waals surface area contributed by atoms with E-state index in [4.69, 9.17) is 21.1 Å². The molecule has 0 aliphatic carbocycles. The van der Waals surface area contributed by atoms with Crippen LogP contribution in [0.1, 0.15) is 30.2 Å². The van der Waals surface area contributed by atoms with Crippen molar-refractivity contribution in [1.29, 1.82) is 0 Å². The van der Waals surface area contributed by atoms with Gasteiger partial charge in [0.1, 0.15) is 23.7 Å². The van der Waals surface area contributed by atoms with E-state index in [1.54, 1.807) is 23.9 Å². The fourth-order valence-corrected chi connectivity index (χ4v) is 3.64. The smallest absolute Gasteiger partial charge is 0.341 e. The summed E-state index contributed by atoms with van der Waals surface area (Å²) in [7, 11) is 0. The quantitative estimate of drug-likeness (QED) is 0.701. The van der Waals surface area contributed by atoms with Crippen molar-refractivity contribution in [2.24, 2.45) is 5.92 Å². The van der Waals surface area contributed by atoms with Crippen LogP contribution in [-0.4, -0.2) is 40.9 Å². The van der Waals surface area contributed by atoms with Crippen LogP contribution >= 0.6 is 23.4 Å². The molecule has 0 spiro atoms. The molecule has 150 valence electrons. The molecule has 8 heteroatoms. The van der Waals surface area contributed by atoms with Crippen LogP contribution in [0.5, 0.6) is 11.5 Å². The minimum Gasteiger partial charge on any atom is -0.491 e. The number of carboxylic acids is 1. The van der Waals surface area contributed by atoms with Crippen molar-refractivity contribution in [2.75, 3.05) is 25.2 Å². The molecule has 1 aromatic carbocycles. The summed E-state index contributed by atoms with van der Waals surface area (Å²) in [6.07, 6.45) is 3.40. The Morgan fingerprint density at radius 2 is 2.18 bits per heavy atom. The largest absolute Gasteiger partial charge is 0.491 e. The lowest BCUT2D eigenvalue weighted by atomic mass is 10.0. The third-order valence-corrected chi connectivity index (χ3v) is 5.57. The van der Waals surface area contributed by atoms with Crippen molar-refractivity contribution in [2.45, 2.75) is 19.9 Å². The number of halogens is 1. The Balaban J connectivity index is 2.16. The Hall–Kier alpha value is -2.12. The maximum Gasteiger partial charge on any atom is 0.341 e. The summed E-state index contributed by atoms with van der Waals surface area (Å²) in [5.41, 5.74) is 0.407. The van der Waals surface area contributed by atoms with E-state index in [1.807, 2.05) is 24.7 Å². The van der Waals surface area contributed by atoms with Crippen LogP contribution in [-0.2, 0) is 0 Å². The third-order valence-electron chi connectivity index (χ3n) is 4.70. The zero-order chi connectivity index (χ0) is 20.4. The number of pyridine rings is 1. The van der Waals surface area contributed by atoms with E-state index in [0.717, 1.165) is 5.75 Å². The molecular weight excluding hydrogens is 402 g/mol. The molecule has 0 bridgehead atoms. The van der Waals surface area contributed by atoms with E-state index in [0.29, 0.717) is 41.0 Å². The standard InChI is InChI=1S/C20H22ClNO5S/c1-11(2)16-10-27-18-8-19(26-4-5-28-3)14(21)6-12(18)15-7-17(23)13(20(24)25)9-22(15)16/h6-9,11,16H,4-5,10H2,1-3H3,(H,24,25). The van der Waals surface area contributed by atoms with Crippen LogP contribution in [0.2, 0.25) is 5.02 Å². The Labute approximate surface area is 172 Å². The first-order chi connectivity index (χ1) is 13.3. The normalized spacial score (nSPS) is 15.4. The maximum absolute atomic E-state index is 12.4. The van der Waals surface area contributed by atoms with Crippen LogP contribution in [0.25, 0.3) is 11.3 Å². The summed E-state index contributed by atoms with van der Waals surface area (Å²) in [6.45, 7) is 4.91. The molecule has 0 amide bonds. The molecule has 1 unspecified atom stereocenters. The van der Waals surface area contributed by atoms with Crippen LogP contribution < -0.4 is 14.9 Å². The second kappa shape index (κ2) is 8.49. The minimum absolute atomic E-state index is 0.138. The SMILES string of the molecule is CSCCOc1cc2c(cc1Cl)-c1cc(=O)c(C(=O)O)cn1C(C(C)C)CO2. The van der Waals surface area contributed by atoms with Gasteiger partial charge in [-0.25, -0.2) is 4.79 Å². The number of aromatic nitrogens is 1. The first-order valence-corrected chi connectivity index (χ1v) is 10.7. The first kappa shape index (κ1) is 20.6. The minimum atomic E-state index is -1.25. The third kappa shape index (κ3) is 4.00. The Bertz CT molecular complexity index is 956.